The third-order valence-corrected chi connectivity index (χ3v) is 3.05. The molecule has 76 valence electrons. The van der Waals surface area contributed by atoms with Crippen LogP contribution in [0.2, 0.25) is 0 Å². The number of pyridine rings is 1. The fourth-order valence-electron chi connectivity index (χ4n) is 1.35. The zero-order chi connectivity index (χ0) is 10.8. The zero-order valence-corrected chi connectivity index (χ0v) is 8.91. The van der Waals surface area contributed by atoms with E-state index in [1.807, 2.05) is 19.1 Å². The van der Waals surface area contributed by atoms with Crippen LogP contribution in [0.1, 0.15) is 15.4 Å². The van der Waals surface area contributed by atoms with E-state index >= 15 is 0 Å². The first-order chi connectivity index (χ1) is 7.18. The molecule has 0 bridgehead atoms. The van der Waals surface area contributed by atoms with Gasteiger partial charge in [0.1, 0.15) is 0 Å². The van der Waals surface area contributed by atoms with Crippen LogP contribution < -0.4 is 0 Å². The first-order valence-electron chi connectivity index (χ1n) is 4.43. The van der Waals surface area contributed by atoms with Crippen molar-refractivity contribution in [2.75, 3.05) is 0 Å². The Morgan fingerprint density at radius 1 is 1.40 bits per heavy atom. The van der Waals surface area contributed by atoms with Gasteiger partial charge in [-0.1, -0.05) is 0 Å². The molecule has 1 N–H and O–H groups in total. The summed E-state index contributed by atoms with van der Waals surface area (Å²) in [6, 6.07) is 7.42. The van der Waals surface area contributed by atoms with Crippen LogP contribution in [0.3, 0.4) is 0 Å². The standard InChI is InChI=1S/C11H9NO2S/c1-7-4-5-9(15-7)8-3-2-6-12-10(8)11(13)14/h2-6H,1H3,(H,13,14). The summed E-state index contributed by atoms with van der Waals surface area (Å²) in [5, 5.41) is 8.98. The number of thiophene rings is 1. The van der Waals surface area contributed by atoms with Crippen molar-refractivity contribution in [2.24, 2.45) is 0 Å². The summed E-state index contributed by atoms with van der Waals surface area (Å²) in [5.74, 6) is -0.989. The van der Waals surface area contributed by atoms with Gasteiger partial charge in [-0.3, -0.25) is 0 Å². The van der Waals surface area contributed by atoms with Gasteiger partial charge in [0.05, 0.1) is 0 Å². The number of hydrogen-bond acceptors (Lipinski definition) is 3. The normalized spacial score (nSPS) is 10.2. The molecule has 2 aromatic heterocycles. The predicted octanol–water partition coefficient (Wildman–Crippen LogP) is 2.82. The van der Waals surface area contributed by atoms with Gasteiger partial charge in [0, 0.05) is 21.5 Å². The first kappa shape index (κ1) is 9.86. The van der Waals surface area contributed by atoms with Crippen LogP contribution in [0.5, 0.6) is 0 Å². The van der Waals surface area contributed by atoms with E-state index in [9.17, 15) is 4.79 Å². The van der Waals surface area contributed by atoms with Gasteiger partial charge >= 0.3 is 5.97 Å². The monoisotopic (exact) mass is 219 g/mol. The van der Waals surface area contributed by atoms with Crippen molar-refractivity contribution in [1.29, 1.82) is 0 Å². The van der Waals surface area contributed by atoms with E-state index < -0.39 is 5.97 Å². The van der Waals surface area contributed by atoms with Crippen molar-refractivity contribution >= 4 is 17.3 Å². The molecule has 0 saturated carbocycles. The van der Waals surface area contributed by atoms with Crippen molar-refractivity contribution in [3.8, 4) is 10.4 Å². The lowest BCUT2D eigenvalue weighted by Gasteiger charge is -2.01. The topological polar surface area (TPSA) is 50.2 Å². The minimum atomic E-state index is -0.989. The molecule has 0 spiro atoms. The van der Waals surface area contributed by atoms with E-state index in [0.717, 1.165) is 9.75 Å². The predicted molar refractivity (Wildman–Crippen MR) is 59.2 cm³/mol. The fraction of sp³-hybridized carbons (Fsp3) is 0.0909. The Bertz CT molecular complexity index is 505. The number of aryl methyl sites for hydroxylation is 1. The maximum Gasteiger partial charge on any atom is 0.355 e. The SMILES string of the molecule is Cc1ccc(-c2cccnc2C(=O)O)s1. The van der Waals surface area contributed by atoms with Crippen molar-refractivity contribution < 1.29 is 9.90 Å². The van der Waals surface area contributed by atoms with Gasteiger partial charge in [-0.2, -0.15) is 0 Å². The Morgan fingerprint density at radius 2 is 2.20 bits per heavy atom. The molecule has 0 aliphatic carbocycles. The molecule has 2 aromatic rings. The fourth-order valence-corrected chi connectivity index (χ4v) is 2.25. The average Bonchev–Trinajstić information content (AvgIpc) is 2.65. The smallest absolute Gasteiger partial charge is 0.355 e. The minimum absolute atomic E-state index is 0.111. The lowest BCUT2D eigenvalue weighted by Crippen LogP contribution is -2.01. The maximum atomic E-state index is 10.9. The van der Waals surface area contributed by atoms with E-state index in [1.54, 1.807) is 23.5 Å². The number of carboxylic acids is 1. The van der Waals surface area contributed by atoms with E-state index in [0.29, 0.717) is 5.56 Å². The molecule has 2 heterocycles. The molecule has 0 aliphatic rings. The molecule has 0 fully saturated rings. The van der Waals surface area contributed by atoms with Crippen LogP contribution in [0.15, 0.2) is 30.5 Å². The van der Waals surface area contributed by atoms with Gasteiger partial charge in [0.2, 0.25) is 0 Å². The number of aromatic carboxylic acids is 1. The van der Waals surface area contributed by atoms with Crippen LogP contribution in [0.25, 0.3) is 10.4 Å². The molecule has 3 nitrogen and oxygen atoms in total. The second-order valence-corrected chi connectivity index (χ2v) is 4.40. The molecule has 15 heavy (non-hydrogen) atoms. The number of carboxylic acid groups (broad SMARTS) is 1. The molecule has 0 aromatic carbocycles. The number of hydrogen-bond donors (Lipinski definition) is 1. The zero-order valence-electron chi connectivity index (χ0n) is 8.10. The largest absolute Gasteiger partial charge is 0.476 e. The van der Waals surface area contributed by atoms with Gasteiger partial charge in [-0.05, 0) is 31.2 Å². The lowest BCUT2D eigenvalue weighted by molar-refractivity contribution is 0.0691. The van der Waals surface area contributed by atoms with E-state index in [-0.39, 0.29) is 5.69 Å². The summed E-state index contributed by atoms with van der Waals surface area (Å²) >= 11 is 1.57. The quantitative estimate of drug-likeness (QED) is 0.844. The number of nitrogens with zero attached hydrogens (tertiary/aromatic N) is 1. The molecule has 0 aliphatic heterocycles. The summed E-state index contributed by atoms with van der Waals surface area (Å²) in [5.41, 5.74) is 0.794. The number of carbonyl (C=O) groups is 1. The Morgan fingerprint density at radius 3 is 2.80 bits per heavy atom. The molecule has 0 saturated heterocycles. The second-order valence-electron chi connectivity index (χ2n) is 3.12. The molecule has 4 heteroatoms. The lowest BCUT2D eigenvalue weighted by atomic mass is 10.1. The first-order valence-corrected chi connectivity index (χ1v) is 5.25. The van der Waals surface area contributed by atoms with E-state index in [4.69, 9.17) is 5.11 Å². The molecule has 0 amide bonds. The third kappa shape index (κ3) is 1.89. The average molecular weight is 219 g/mol. The third-order valence-electron chi connectivity index (χ3n) is 2.02. The van der Waals surface area contributed by atoms with Gasteiger partial charge < -0.3 is 5.11 Å². The Labute approximate surface area is 91.0 Å². The summed E-state index contributed by atoms with van der Waals surface area (Å²) < 4.78 is 0. The highest BCUT2D eigenvalue weighted by molar-refractivity contribution is 7.15. The van der Waals surface area contributed by atoms with Gasteiger partial charge in [-0.25, -0.2) is 9.78 Å². The summed E-state index contributed by atoms with van der Waals surface area (Å²) in [6.07, 6.45) is 1.49. The number of aromatic nitrogens is 1. The Balaban J connectivity index is 2.57. The van der Waals surface area contributed by atoms with Gasteiger partial charge in [-0.15, -0.1) is 11.3 Å². The van der Waals surface area contributed by atoms with Crippen molar-refractivity contribution in [3.63, 3.8) is 0 Å². The van der Waals surface area contributed by atoms with Crippen LogP contribution >= 0.6 is 11.3 Å². The van der Waals surface area contributed by atoms with Crippen molar-refractivity contribution in [2.45, 2.75) is 6.92 Å². The molecule has 2 rings (SSSR count). The van der Waals surface area contributed by atoms with Crippen LogP contribution in [-0.2, 0) is 0 Å². The highest BCUT2D eigenvalue weighted by Gasteiger charge is 2.13. The van der Waals surface area contributed by atoms with Crippen LogP contribution in [0.4, 0.5) is 0 Å². The minimum Gasteiger partial charge on any atom is -0.476 e. The summed E-state index contributed by atoms with van der Waals surface area (Å²) in [7, 11) is 0. The summed E-state index contributed by atoms with van der Waals surface area (Å²) in [4.78, 5) is 16.9. The molecular weight excluding hydrogens is 210 g/mol. The second kappa shape index (κ2) is 3.82. The van der Waals surface area contributed by atoms with Gasteiger partial charge in [0.25, 0.3) is 0 Å². The van der Waals surface area contributed by atoms with Crippen molar-refractivity contribution in [1.82, 2.24) is 4.98 Å². The Kier molecular flexibility index (Phi) is 2.51. The van der Waals surface area contributed by atoms with Crippen LogP contribution in [0, 0.1) is 6.92 Å². The highest BCUT2D eigenvalue weighted by Crippen LogP contribution is 2.29. The van der Waals surface area contributed by atoms with E-state index in [1.165, 1.54) is 6.20 Å². The molecule has 0 radical (unpaired) electrons. The molecule has 0 unspecified atom stereocenters. The van der Waals surface area contributed by atoms with Gasteiger partial charge in [0.15, 0.2) is 5.69 Å². The molecule has 0 atom stereocenters. The van der Waals surface area contributed by atoms with E-state index in [2.05, 4.69) is 4.98 Å². The van der Waals surface area contributed by atoms with Crippen molar-refractivity contribution in [3.05, 3.63) is 41.0 Å². The van der Waals surface area contributed by atoms with Crippen LogP contribution in [-0.4, -0.2) is 16.1 Å². The molecular formula is C11H9NO2S. The summed E-state index contributed by atoms with van der Waals surface area (Å²) in [6.45, 7) is 1.99. The maximum absolute atomic E-state index is 10.9. The number of rotatable bonds is 2. The highest BCUT2D eigenvalue weighted by atomic mass is 32.1. The Hall–Kier alpha value is -1.68.